The first-order valence-corrected chi connectivity index (χ1v) is 22.6. The molecule has 61 heavy (non-hydrogen) atoms. The summed E-state index contributed by atoms with van der Waals surface area (Å²) in [5, 5.41) is 12.4. The number of phosphoric ester groups is 1. The van der Waals surface area contributed by atoms with E-state index in [1.807, 2.05) is 78.9 Å². The molecule has 1 aliphatic heterocycles. The molecule has 330 valence electrons. The van der Waals surface area contributed by atoms with Gasteiger partial charge < -0.3 is 33.3 Å². The molecule has 4 aromatic rings. The van der Waals surface area contributed by atoms with E-state index in [4.69, 9.17) is 41.6 Å². The largest absolute Gasteiger partial charge is 0.497 e. The Bertz CT molecular complexity index is 2040. The maximum atomic E-state index is 13.6. The van der Waals surface area contributed by atoms with Crippen molar-refractivity contribution in [3.8, 4) is 17.6 Å². The van der Waals surface area contributed by atoms with Crippen molar-refractivity contribution in [2.75, 3.05) is 60.1 Å². The fourth-order valence-corrected chi connectivity index (χ4v) is 9.50. The number of anilines is 1. The summed E-state index contributed by atoms with van der Waals surface area (Å²) in [5.41, 5.74) is 0.823. The first-order chi connectivity index (χ1) is 29.4. The molecule has 0 bridgehead atoms. The summed E-state index contributed by atoms with van der Waals surface area (Å²) in [6.07, 6.45) is -0.0826. The van der Waals surface area contributed by atoms with E-state index in [-0.39, 0.29) is 57.1 Å². The van der Waals surface area contributed by atoms with Crippen LogP contribution in [0.3, 0.4) is 0 Å². The smallest absolute Gasteiger partial charge is 0.474 e. The zero-order valence-electron chi connectivity index (χ0n) is 36.0. The molecule has 0 spiro atoms. The zero-order valence-corrected chi connectivity index (χ0v) is 37.8. The van der Waals surface area contributed by atoms with Crippen LogP contribution in [-0.2, 0) is 42.3 Å². The van der Waals surface area contributed by atoms with Crippen molar-refractivity contribution in [2.24, 2.45) is 0 Å². The van der Waals surface area contributed by atoms with E-state index < -0.39 is 46.1 Å². The Labute approximate surface area is 359 Å². The Morgan fingerprint density at radius 1 is 0.902 bits per heavy atom. The average Bonchev–Trinajstić information content (AvgIpc) is 3.67. The van der Waals surface area contributed by atoms with Crippen molar-refractivity contribution in [2.45, 2.75) is 76.7 Å². The molecule has 1 aliphatic rings. The molecule has 5 rings (SSSR count). The van der Waals surface area contributed by atoms with Crippen LogP contribution in [0.25, 0.3) is 0 Å². The van der Waals surface area contributed by atoms with Gasteiger partial charge in [-0.15, -0.1) is 0 Å². The van der Waals surface area contributed by atoms with Gasteiger partial charge >= 0.3 is 13.5 Å². The number of aromatic nitrogens is 2. The van der Waals surface area contributed by atoms with Crippen molar-refractivity contribution in [1.82, 2.24) is 14.2 Å². The number of methoxy groups -OCH3 is 2. The summed E-state index contributed by atoms with van der Waals surface area (Å²) in [4.78, 5) is 17.9. The molecule has 18 heteroatoms. The quantitative estimate of drug-likeness (QED) is 0.0406. The highest BCUT2D eigenvalue weighted by atomic mass is 31.2. The highest BCUT2D eigenvalue weighted by Gasteiger charge is 2.45. The third-order valence-corrected chi connectivity index (χ3v) is 13.5. The molecule has 0 saturated carbocycles. The summed E-state index contributed by atoms with van der Waals surface area (Å²) in [5.74, 6) is 1.67. The predicted molar refractivity (Wildman–Crippen MR) is 231 cm³/mol. The number of nitrogens with one attached hydrogen (secondary N) is 1. The van der Waals surface area contributed by atoms with Crippen LogP contribution >= 0.6 is 16.3 Å². The molecule has 1 aromatic heterocycles. The van der Waals surface area contributed by atoms with Crippen LogP contribution in [0.4, 0.5) is 5.82 Å². The minimum atomic E-state index is -3.66. The van der Waals surface area contributed by atoms with E-state index in [1.165, 1.54) is 18.8 Å². The van der Waals surface area contributed by atoms with Gasteiger partial charge in [0, 0.05) is 45.5 Å². The maximum Gasteiger partial charge on any atom is 0.474 e. The maximum absolute atomic E-state index is 13.6. The van der Waals surface area contributed by atoms with Gasteiger partial charge in [0.05, 0.1) is 52.6 Å². The minimum absolute atomic E-state index is 0.0213. The van der Waals surface area contributed by atoms with Crippen molar-refractivity contribution in [3.63, 3.8) is 0 Å². The monoisotopic (exact) mass is 881 g/mol. The van der Waals surface area contributed by atoms with Gasteiger partial charge in [-0.05, 0) is 74.7 Å². The van der Waals surface area contributed by atoms with Gasteiger partial charge in [-0.25, -0.2) is 14.0 Å². The topological polar surface area (TPSA) is 174 Å². The van der Waals surface area contributed by atoms with Gasteiger partial charge in [0.15, 0.2) is 0 Å². The molecule has 16 nitrogen and oxygen atoms in total. The number of phosphoric acid groups is 1. The van der Waals surface area contributed by atoms with Crippen LogP contribution in [0.2, 0.25) is 0 Å². The Balaban J connectivity index is 1.52. The number of nitrogens with zero attached hydrogens (tertiary/aromatic N) is 4. The highest BCUT2D eigenvalue weighted by molar-refractivity contribution is 7.48. The Morgan fingerprint density at radius 3 is 2.02 bits per heavy atom. The molecule has 4 atom stereocenters. The Kier molecular flexibility index (Phi) is 17.8. The number of rotatable bonds is 24. The molecular weight excluding hydrogens is 824 g/mol. The van der Waals surface area contributed by atoms with Crippen LogP contribution in [0, 0.1) is 11.3 Å². The Morgan fingerprint density at radius 2 is 1.49 bits per heavy atom. The van der Waals surface area contributed by atoms with Crippen LogP contribution in [0.15, 0.2) is 95.9 Å². The lowest BCUT2D eigenvalue weighted by Gasteiger charge is -2.39. The lowest BCUT2D eigenvalue weighted by Crippen LogP contribution is -2.39. The fraction of sp³-hybridized carbons (Fsp3) is 0.465. The number of ether oxygens (including phenoxy) is 4. The minimum Gasteiger partial charge on any atom is -0.497 e. The summed E-state index contributed by atoms with van der Waals surface area (Å²) < 4.78 is 69.0. The van der Waals surface area contributed by atoms with E-state index in [2.05, 4.69) is 48.7 Å². The summed E-state index contributed by atoms with van der Waals surface area (Å²) in [7, 11) is 0.345. The molecule has 1 unspecified atom stereocenters. The van der Waals surface area contributed by atoms with Crippen molar-refractivity contribution < 1.29 is 46.1 Å². The van der Waals surface area contributed by atoms with E-state index in [1.54, 1.807) is 26.5 Å². The van der Waals surface area contributed by atoms with E-state index in [0.29, 0.717) is 11.5 Å². The third-order valence-electron chi connectivity index (χ3n) is 9.95. The molecule has 3 aromatic carbocycles. The second-order valence-electron chi connectivity index (χ2n) is 14.4. The molecule has 0 radical (unpaired) electrons. The van der Waals surface area contributed by atoms with Gasteiger partial charge in [-0.1, -0.05) is 54.6 Å². The number of nitriles is 1. The van der Waals surface area contributed by atoms with Crippen LogP contribution in [-0.4, -0.2) is 93.3 Å². The van der Waals surface area contributed by atoms with E-state index in [0.717, 1.165) is 16.7 Å². The third kappa shape index (κ3) is 12.0. The summed E-state index contributed by atoms with van der Waals surface area (Å²) in [6, 6.07) is 29.3. The van der Waals surface area contributed by atoms with Gasteiger partial charge in [-0.2, -0.15) is 10.2 Å². The average molecular weight is 882 g/mol. The molecule has 1 saturated heterocycles. The first kappa shape index (κ1) is 47.8. The molecule has 1 N–H and O–H groups in total. The highest BCUT2D eigenvalue weighted by Crippen LogP contribution is 2.51. The van der Waals surface area contributed by atoms with Crippen LogP contribution in [0.5, 0.6) is 11.5 Å². The van der Waals surface area contributed by atoms with Gasteiger partial charge in [-0.3, -0.25) is 18.1 Å². The second-order valence-corrected chi connectivity index (χ2v) is 17.7. The van der Waals surface area contributed by atoms with Gasteiger partial charge in [0.25, 0.3) is 8.53 Å². The van der Waals surface area contributed by atoms with E-state index >= 15 is 0 Å². The lowest BCUT2D eigenvalue weighted by atomic mass is 9.80. The van der Waals surface area contributed by atoms with Crippen LogP contribution in [0.1, 0.15) is 63.5 Å². The van der Waals surface area contributed by atoms with Gasteiger partial charge in [0.2, 0.25) is 0 Å². The molecule has 1 fully saturated rings. The summed E-state index contributed by atoms with van der Waals surface area (Å²) in [6.45, 7) is 8.62. The van der Waals surface area contributed by atoms with Crippen molar-refractivity contribution in [3.05, 3.63) is 118 Å². The number of hydrogen-bond acceptors (Lipinski definition) is 15. The molecular formula is C43H57N5O11P2. The standard InChI is InChI=1S/C43H57N5O11P2/c1-31(2)48(32(3)4)60(56-27-12-24-44)59-38-29-41(47-26-23-40(46-42(47)49)45-25-28-57-61(50,53-7)54-8)58-39(38)30-55-43(33-13-10-9-11-14-33,34-15-19-36(51-5)20-16-34)35-17-21-37(52-6)22-18-35/h9-11,13-23,26,31-32,38-39,41H,12,25,27-30H2,1-8H3,(H,45,46,49)/t38-,39+,41+,60?/m0/s1. The van der Waals surface area contributed by atoms with Crippen molar-refractivity contribution in [1.29, 1.82) is 5.26 Å². The molecule has 0 amide bonds. The predicted octanol–water partition coefficient (Wildman–Crippen LogP) is 8.05. The first-order valence-electron chi connectivity index (χ1n) is 20.0. The zero-order chi connectivity index (χ0) is 44.0. The number of hydrogen-bond donors (Lipinski definition) is 1. The van der Waals surface area contributed by atoms with Crippen LogP contribution < -0.4 is 20.5 Å². The fourth-order valence-electron chi connectivity index (χ4n) is 7.07. The number of benzene rings is 3. The van der Waals surface area contributed by atoms with E-state index in [9.17, 15) is 14.6 Å². The normalized spacial score (nSPS) is 17.4. The molecule has 2 heterocycles. The SMILES string of the molecule is COc1ccc(C(OC[C@H]2O[C@@H](n3ccc(NCCOP(=O)(OC)OC)nc3=O)C[C@@H]2OP(OCCC#N)N(C(C)C)C(C)C)(c2ccccc2)c2ccc(OC)cc2)cc1. The van der Waals surface area contributed by atoms with Crippen molar-refractivity contribution >= 4 is 22.2 Å². The lowest BCUT2D eigenvalue weighted by molar-refractivity contribution is -0.0925. The summed E-state index contributed by atoms with van der Waals surface area (Å²) >= 11 is 0. The second kappa shape index (κ2) is 22.7. The Hall–Kier alpha value is -4.23. The molecule has 0 aliphatic carbocycles. The van der Waals surface area contributed by atoms with Gasteiger partial charge in [0.1, 0.15) is 35.2 Å².